The molecule has 0 atom stereocenters. The second-order valence-corrected chi connectivity index (χ2v) is 7.53. The van der Waals surface area contributed by atoms with Gasteiger partial charge in [0.15, 0.2) is 0 Å². The van der Waals surface area contributed by atoms with E-state index in [0.717, 1.165) is 12.2 Å². The molecule has 1 aromatic rings. The van der Waals surface area contributed by atoms with E-state index in [-0.39, 0.29) is 0 Å². The molecule has 1 fully saturated rings. The van der Waals surface area contributed by atoms with E-state index in [1.165, 1.54) is 39.2 Å². The maximum Gasteiger partial charge on any atom is 0.240 e. The van der Waals surface area contributed by atoms with Crippen molar-refractivity contribution in [3.63, 3.8) is 0 Å². The van der Waals surface area contributed by atoms with Crippen molar-refractivity contribution < 1.29 is 8.42 Å². The molecule has 0 heterocycles. The number of benzene rings is 1. The van der Waals surface area contributed by atoms with Gasteiger partial charge in [0.05, 0.1) is 4.90 Å². The molecule has 20 heavy (non-hydrogen) atoms. The highest BCUT2D eigenvalue weighted by Gasteiger charge is 2.31. The van der Waals surface area contributed by atoms with Crippen LogP contribution in [-0.4, -0.2) is 22.0 Å². The monoisotopic (exact) mass is 296 g/mol. The first kappa shape index (κ1) is 15.3. The summed E-state index contributed by atoms with van der Waals surface area (Å²) in [6.45, 7) is 3.23. The summed E-state index contributed by atoms with van der Waals surface area (Å²) < 4.78 is 25.6. The Morgan fingerprint density at radius 3 is 2.25 bits per heavy atom. The molecule has 0 bridgehead atoms. The minimum atomic E-state index is -3.34. The van der Waals surface area contributed by atoms with E-state index >= 15 is 0 Å². The van der Waals surface area contributed by atoms with E-state index in [1.54, 1.807) is 12.1 Å². The predicted molar refractivity (Wildman–Crippen MR) is 82.4 cm³/mol. The van der Waals surface area contributed by atoms with Crippen molar-refractivity contribution in [1.29, 1.82) is 0 Å². The van der Waals surface area contributed by atoms with Crippen LogP contribution in [-0.2, 0) is 10.0 Å². The molecule has 1 aliphatic rings. The van der Waals surface area contributed by atoms with Crippen LogP contribution in [0.25, 0.3) is 0 Å². The summed E-state index contributed by atoms with van der Waals surface area (Å²) in [5.41, 5.74) is 1.41. The quantitative estimate of drug-likeness (QED) is 0.848. The predicted octanol–water partition coefficient (Wildman–Crippen LogP) is 2.98. The van der Waals surface area contributed by atoms with Crippen LogP contribution in [0.15, 0.2) is 29.2 Å². The van der Waals surface area contributed by atoms with Crippen molar-refractivity contribution in [2.45, 2.75) is 43.9 Å². The third-order valence-corrected chi connectivity index (χ3v) is 5.95. The molecule has 5 heteroatoms. The lowest BCUT2D eigenvalue weighted by Gasteiger charge is -2.28. The Balaban J connectivity index is 2.01. The molecule has 2 N–H and O–H groups in total. The van der Waals surface area contributed by atoms with Crippen LogP contribution in [0.4, 0.5) is 5.69 Å². The molecule has 0 unspecified atom stereocenters. The van der Waals surface area contributed by atoms with Crippen molar-refractivity contribution in [2.24, 2.45) is 5.41 Å². The Morgan fingerprint density at radius 1 is 1.15 bits per heavy atom. The van der Waals surface area contributed by atoms with Gasteiger partial charge < -0.3 is 5.32 Å². The zero-order valence-electron chi connectivity index (χ0n) is 12.3. The van der Waals surface area contributed by atoms with Crippen LogP contribution in [0.1, 0.15) is 39.0 Å². The van der Waals surface area contributed by atoms with Gasteiger partial charge in [0.1, 0.15) is 0 Å². The fourth-order valence-corrected chi connectivity index (χ4v) is 3.67. The molecule has 1 saturated carbocycles. The molecule has 2 rings (SSSR count). The van der Waals surface area contributed by atoms with E-state index in [0.29, 0.717) is 10.3 Å². The summed E-state index contributed by atoms with van der Waals surface area (Å²) in [6.07, 6.45) is 6.45. The summed E-state index contributed by atoms with van der Waals surface area (Å²) in [4.78, 5) is 0.302. The van der Waals surface area contributed by atoms with Crippen molar-refractivity contribution in [2.75, 3.05) is 18.9 Å². The van der Waals surface area contributed by atoms with Crippen LogP contribution in [0.3, 0.4) is 0 Å². The highest BCUT2D eigenvalue weighted by molar-refractivity contribution is 7.89. The van der Waals surface area contributed by atoms with Crippen LogP contribution in [0.5, 0.6) is 0 Å². The fourth-order valence-electron chi connectivity index (χ4n) is 2.94. The Bertz CT molecular complexity index is 531. The van der Waals surface area contributed by atoms with Crippen molar-refractivity contribution in [1.82, 2.24) is 4.72 Å². The van der Waals surface area contributed by atoms with E-state index in [1.807, 2.05) is 12.1 Å². The first-order valence-electron chi connectivity index (χ1n) is 7.29. The zero-order valence-corrected chi connectivity index (χ0v) is 13.1. The van der Waals surface area contributed by atoms with Gasteiger partial charge >= 0.3 is 0 Å². The van der Waals surface area contributed by atoms with Gasteiger partial charge in [0.25, 0.3) is 0 Å². The van der Waals surface area contributed by atoms with E-state index in [4.69, 9.17) is 0 Å². The van der Waals surface area contributed by atoms with Gasteiger partial charge in [-0.25, -0.2) is 13.1 Å². The molecular formula is C15H24N2O2S. The minimum Gasteiger partial charge on any atom is -0.384 e. The van der Waals surface area contributed by atoms with Gasteiger partial charge in [-0.3, -0.25) is 0 Å². The SMILES string of the molecule is CCC1(CNc2ccc(S(=O)(=O)NC)cc2)CCCC1. The average Bonchev–Trinajstić information content (AvgIpc) is 2.95. The highest BCUT2D eigenvalue weighted by atomic mass is 32.2. The highest BCUT2D eigenvalue weighted by Crippen LogP contribution is 2.40. The first-order valence-corrected chi connectivity index (χ1v) is 8.77. The Hall–Kier alpha value is -1.07. The maximum absolute atomic E-state index is 11.6. The maximum atomic E-state index is 11.6. The van der Waals surface area contributed by atoms with E-state index < -0.39 is 10.0 Å². The second kappa shape index (κ2) is 6.14. The lowest BCUT2D eigenvalue weighted by atomic mass is 9.83. The molecule has 0 aliphatic heterocycles. The van der Waals surface area contributed by atoms with Crippen molar-refractivity contribution in [3.8, 4) is 0 Å². The molecule has 112 valence electrons. The first-order chi connectivity index (χ1) is 9.51. The van der Waals surface area contributed by atoms with Crippen molar-refractivity contribution in [3.05, 3.63) is 24.3 Å². The summed E-state index contributed by atoms with van der Waals surface area (Å²) in [7, 11) is -1.92. The summed E-state index contributed by atoms with van der Waals surface area (Å²) >= 11 is 0. The number of anilines is 1. The van der Waals surface area contributed by atoms with Gasteiger partial charge in [-0.2, -0.15) is 0 Å². The summed E-state index contributed by atoms with van der Waals surface area (Å²) in [5, 5.41) is 3.46. The number of sulfonamides is 1. The normalized spacial score (nSPS) is 18.1. The average molecular weight is 296 g/mol. The third-order valence-electron chi connectivity index (χ3n) is 4.52. The van der Waals surface area contributed by atoms with Crippen LogP contribution < -0.4 is 10.0 Å². The molecule has 0 aromatic heterocycles. The van der Waals surface area contributed by atoms with E-state index in [9.17, 15) is 8.42 Å². The summed E-state index contributed by atoms with van der Waals surface area (Å²) in [5.74, 6) is 0. The van der Waals surface area contributed by atoms with Crippen LogP contribution in [0, 0.1) is 5.41 Å². The van der Waals surface area contributed by atoms with Gasteiger partial charge in [-0.1, -0.05) is 19.8 Å². The molecular weight excluding hydrogens is 272 g/mol. The topological polar surface area (TPSA) is 58.2 Å². The molecule has 4 nitrogen and oxygen atoms in total. The smallest absolute Gasteiger partial charge is 0.240 e. The second-order valence-electron chi connectivity index (χ2n) is 5.65. The minimum absolute atomic E-state index is 0.302. The number of hydrogen-bond acceptors (Lipinski definition) is 3. The number of hydrogen-bond donors (Lipinski definition) is 2. The van der Waals surface area contributed by atoms with Crippen LogP contribution >= 0.6 is 0 Å². The van der Waals surface area contributed by atoms with Gasteiger partial charge in [0.2, 0.25) is 10.0 Å². The third kappa shape index (κ3) is 3.33. The Morgan fingerprint density at radius 2 is 1.75 bits per heavy atom. The molecule has 0 radical (unpaired) electrons. The molecule has 1 aliphatic carbocycles. The van der Waals surface area contributed by atoms with Crippen molar-refractivity contribution >= 4 is 15.7 Å². The van der Waals surface area contributed by atoms with Gasteiger partial charge in [-0.15, -0.1) is 0 Å². The van der Waals surface area contributed by atoms with Gasteiger partial charge in [0, 0.05) is 12.2 Å². The van der Waals surface area contributed by atoms with E-state index in [2.05, 4.69) is 17.0 Å². The largest absolute Gasteiger partial charge is 0.384 e. The zero-order chi connectivity index (χ0) is 14.6. The lowest BCUT2D eigenvalue weighted by molar-refractivity contribution is 0.307. The van der Waals surface area contributed by atoms with Crippen LogP contribution in [0.2, 0.25) is 0 Å². The Labute approximate surface area is 122 Å². The Kier molecular flexibility index (Phi) is 4.70. The molecule has 0 saturated heterocycles. The lowest BCUT2D eigenvalue weighted by Crippen LogP contribution is -2.25. The van der Waals surface area contributed by atoms with Gasteiger partial charge in [-0.05, 0) is 56.0 Å². The fraction of sp³-hybridized carbons (Fsp3) is 0.600. The number of nitrogens with one attached hydrogen (secondary N) is 2. The molecule has 0 amide bonds. The summed E-state index contributed by atoms with van der Waals surface area (Å²) in [6, 6.07) is 6.95. The number of rotatable bonds is 6. The molecule has 0 spiro atoms. The standard InChI is InChI=1S/C15H24N2O2S/c1-3-15(10-4-5-11-15)12-17-13-6-8-14(9-7-13)20(18,19)16-2/h6-9,16-17H,3-5,10-12H2,1-2H3. The molecule has 1 aromatic carbocycles.